The van der Waals surface area contributed by atoms with Crippen LogP contribution < -0.4 is 15.6 Å². The first-order chi connectivity index (χ1) is 13.0. The van der Waals surface area contributed by atoms with E-state index in [4.69, 9.17) is 4.74 Å². The van der Waals surface area contributed by atoms with Gasteiger partial charge in [-0.2, -0.15) is 0 Å². The van der Waals surface area contributed by atoms with E-state index in [1.54, 1.807) is 0 Å². The van der Waals surface area contributed by atoms with E-state index in [0.29, 0.717) is 18.7 Å². The summed E-state index contributed by atoms with van der Waals surface area (Å²) in [5.41, 5.74) is 1.36. The normalized spacial score (nSPS) is 10.4. The van der Waals surface area contributed by atoms with Crippen LogP contribution in [0, 0.1) is 10.1 Å². The molecule has 0 spiro atoms. The van der Waals surface area contributed by atoms with Crippen LogP contribution >= 0.6 is 0 Å². The highest BCUT2D eigenvalue weighted by molar-refractivity contribution is 5.55. The third kappa shape index (κ3) is 4.66. The maximum absolute atomic E-state index is 12.2. The number of nitro groups is 1. The summed E-state index contributed by atoms with van der Waals surface area (Å²) in [6.07, 6.45) is 0.340. The van der Waals surface area contributed by atoms with E-state index in [2.05, 4.69) is 20.5 Å². The summed E-state index contributed by atoms with van der Waals surface area (Å²) in [4.78, 5) is 25.0. The lowest BCUT2D eigenvalue weighted by Crippen LogP contribution is -2.18. The summed E-state index contributed by atoms with van der Waals surface area (Å²) in [5, 5.41) is 21.5. The minimum atomic E-state index is -0.485. The molecule has 9 nitrogen and oxygen atoms in total. The summed E-state index contributed by atoms with van der Waals surface area (Å²) in [6.45, 7) is 2.50. The first-order valence-corrected chi connectivity index (χ1v) is 8.24. The van der Waals surface area contributed by atoms with Crippen molar-refractivity contribution < 1.29 is 9.66 Å². The van der Waals surface area contributed by atoms with Gasteiger partial charge < -0.3 is 10.1 Å². The first kappa shape index (κ1) is 18.1. The molecule has 1 heterocycles. The molecule has 0 aliphatic rings. The predicted octanol–water partition coefficient (Wildman–Crippen LogP) is 2.81. The summed E-state index contributed by atoms with van der Waals surface area (Å²) in [5.74, 6) is 0.924. The molecule has 0 bridgehead atoms. The highest BCUT2D eigenvalue weighted by Crippen LogP contribution is 2.17. The number of anilines is 2. The van der Waals surface area contributed by atoms with Crippen molar-refractivity contribution in [2.24, 2.45) is 0 Å². The van der Waals surface area contributed by atoms with Gasteiger partial charge in [0.1, 0.15) is 11.4 Å². The maximum Gasteiger partial charge on any atom is 0.274 e. The molecule has 0 radical (unpaired) electrons. The Morgan fingerprint density at radius 2 is 1.81 bits per heavy atom. The fourth-order valence-electron chi connectivity index (χ4n) is 2.40. The Morgan fingerprint density at radius 1 is 1.11 bits per heavy atom. The number of aromatic nitrogens is 3. The van der Waals surface area contributed by atoms with Crippen LogP contribution in [0.1, 0.15) is 18.2 Å². The quantitative estimate of drug-likeness (QED) is 0.486. The Balaban J connectivity index is 1.69. The van der Waals surface area contributed by atoms with Crippen molar-refractivity contribution in [1.82, 2.24) is 15.2 Å². The number of benzene rings is 2. The Bertz CT molecular complexity index is 984. The van der Waals surface area contributed by atoms with Gasteiger partial charge in [0.15, 0.2) is 0 Å². The zero-order valence-electron chi connectivity index (χ0n) is 14.5. The predicted molar refractivity (Wildman–Crippen MR) is 99.4 cm³/mol. The molecule has 2 aromatic carbocycles. The van der Waals surface area contributed by atoms with Crippen LogP contribution in [-0.4, -0.2) is 26.7 Å². The molecule has 0 aliphatic heterocycles. The third-order valence-corrected chi connectivity index (χ3v) is 3.71. The summed E-state index contributed by atoms with van der Waals surface area (Å²) in [6, 6.07) is 13.2. The number of nitrogens with one attached hydrogen (secondary N) is 2. The van der Waals surface area contributed by atoms with Gasteiger partial charge in [-0.15, -0.1) is 10.2 Å². The van der Waals surface area contributed by atoms with E-state index in [-0.39, 0.29) is 22.9 Å². The molecule has 0 amide bonds. The first-order valence-electron chi connectivity index (χ1n) is 8.24. The topological polar surface area (TPSA) is 123 Å². The van der Waals surface area contributed by atoms with Crippen LogP contribution in [0.2, 0.25) is 0 Å². The van der Waals surface area contributed by atoms with Crippen molar-refractivity contribution in [3.63, 3.8) is 0 Å². The molecule has 138 valence electrons. The van der Waals surface area contributed by atoms with Crippen LogP contribution in [0.3, 0.4) is 0 Å². The van der Waals surface area contributed by atoms with Crippen LogP contribution in [-0.2, 0) is 6.42 Å². The molecule has 0 fully saturated rings. The number of non-ortho nitro benzene ring substituents is 1. The molecular weight excluding hydrogens is 350 g/mol. The zero-order chi connectivity index (χ0) is 19.2. The lowest BCUT2D eigenvalue weighted by atomic mass is 10.1. The van der Waals surface area contributed by atoms with Crippen molar-refractivity contribution in [2.45, 2.75) is 13.3 Å². The molecule has 3 rings (SSSR count). The molecule has 3 aromatic rings. The minimum absolute atomic E-state index is 0.0224. The smallest absolute Gasteiger partial charge is 0.274 e. The molecule has 0 unspecified atom stereocenters. The van der Waals surface area contributed by atoms with E-state index in [9.17, 15) is 14.9 Å². The van der Waals surface area contributed by atoms with Gasteiger partial charge in [-0.05, 0) is 36.8 Å². The second-order valence-electron chi connectivity index (χ2n) is 5.63. The number of rotatable bonds is 7. The standard InChI is InChI=1S/C18H17N5O4/c1-2-27-15-9-3-12(4-10-15)11-16-17(24)20-18(22-21-16)19-13-5-7-14(8-6-13)23(25)26/h3-10H,2,11H2,1H3,(H2,19,20,22,24). The van der Waals surface area contributed by atoms with Gasteiger partial charge in [0, 0.05) is 24.2 Å². The number of hydrogen-bond acceptors (Lipinski definition) is 7. The van der Waals surface area contributed by atoms with Crippen molar-refractivity contribution in [3.05, 3.63) is 80.3 Å². The number of hydrogen-bond donors (Lipinski definition) is 2. The maximum atomic E-state index is 12.2. The van der Waals surface area contributed by atoms with E-state index in [1.165, 1.54) is 24.3 Å². The lowest BCUT2D eigenvalue weighted by molar-refractivity contribution is -0.384. The molecule has 9 heteroatoms. The molecule has 0 saturated heterocycles. The number of aromatic amines is 1. The van der Waals surface area contributed by atoms with Gasteiger partial charge in [-0.1, -0.05) is 12.1 Å². The Labute approximate surface area is 154 Å². The molecule has 27 heavy (non-hydrogen) atoms. The van der Waals surface area contributed by atoms with Gasteiger partial charge in [-0.25, -0.2) is 0 Å². The SMILES string of the molecule is CCOc1ccc(Cc2nnc(Nc3ccc([N+](=O)[O-])cc3)[nH]c2=O)cc1. The van der Waals surface area contributed by atoms with E-state index >= 15 is 0 Å². The van der Waals surface area contributed by atoms with Gasteiger partial charge in [-0.3, -0.25) is 19.9 Å². The Hall–Kier alpha value is -3.75. The molecule has 0 aliphatic carbocycles. The molecule has 0 atom stereocenters. The summed E-state index contributed by atoms with van der Waals surface area (Å²) < 4.78 is 5.39. The third-order valence-electron chi connectivity index (χ3n) is 3.71. The second kappa shape index (κ2) is 8.09. The van der Waals surface area contributed by atoms with E-state index in [1.807, 2.05) is 31.2 Å². The fraction of sp³-hybridized carbons (Fsp3) is 0.167. The highest BCUT2D eigenvalue weighted by Gasteiger charge is 2.08. The van der Waals surface area contributed by atoms with Crippen molar-refractivity contribution in [2.75, 3.05) is 11.9 Å². The monoisotopic (exact) mass is 367 g/mol. The largest absolute Gasteiger partial charge is 0.494 e. The molecule has 2 N–H and O–H groups in total. The van der Waals surface area contributed by atoms with Gasteiger partial charge in [0.25, 0.3) is 11.2 Å². The number of H-pyrrole nitrogens is 1. The lowest BCUT2D eigenvalue weighted by Gasteiger charge is -2.06. The zero-order valence-corrected chi connectivity index (χ0v) is 14.5. The second-order valence-corrected chi connectivity index (χ2v) is 5.63. The van der Waals surface area contributed by atoms with Crippen LogP contribution in [0.25, 0.3) is 0 Å². The van der Waals surface area contributed by atoms with Crippen LogP contribution in [0.4, 0.5) is 17.3 Å². The average Bonchev–Trinajstić information content (AvgIpc) is 2.66. The van der Waals surface area contributed by atoms with Gasteiger partial charge in [0.05, 0.1) is 11.5 Å². The van der Waals surface area contributed by atoms with Gasteiger partial charge in [0.2, 0.25) is 5.95 Å². The van der Waals surface area contributed by atoms with E-state index < -0.39 is 4.92 Å². The van der Waals surface area contributed by atoms with Crippen molar-refractivity contribution >= 4 is 17.3 Å². The molecular formula is C18H17N5O4. The molecule has 0 saturated carbocycles. The van der Waals surface area contributed by atoms with Crippen molar-refractivity contribution in [1.29, 1.82) is 0 Å². The van der Waals surface area contributed by atoms with Crippen LogP contribution in [0.5, 0.6) is 5.75 Å². The van der Waals surface area contributed by atoms with Crippen molar-refractivity contribution in [3.8, 4) is 5.75 Å². The number of nitro benzene ring substituents is 1. The number of ether oxygens (including phenoxy) is 1. The number of nitrogens with zero attached hydrogens (tertiary/aromatic N) is 3. The highest BCUT2D eigenvalue weighted by atomic mass is 16.6. The summed E-state index contributed by atoms with van der Waals surface area (Å²) >= 11 is 0. The van der Waals surface area contributed by atoms with E-state index in [0.717, 1.165) is 11.3 Å². The molecule has 1 aromatic heterocycles. The summed E-state index contributed by atoms with van der Waals surface area (Å²) in [7, 11) is 0. The average molecular weight is 367 g/mol. The van der Waals surface area contributed by atoms with Crippen LogP contribution in [0.15, 0.2) is 53.3 Å². The van der Waals surface area contributed by atoms with Gasteiger partial charge >= 0.3 is 0 Å². The Morgan fingerprint density at radius 3 is 2.41 bits per heavy atom. The minimum Gasteiger partial charge on any atom is -0.494 e. The fourth-order valence-corrected chi connectivity index (χ4v) is 2.40. The Kier molecular flexibility index (Phi) is 5.41.